The molecule has 1 aliphatic heterocycles. The molecule has 1 fully saturated rings. The van der Waals surface area contributed by atoms with Crippen LogP contribution < -0.4 is 5.32 Å². The fraction of sp³-hybridized carbons (Fsp3) is 0.400. The van der Waals surface area contributed by atoms with Gasteiger partial charge in [-0.1, -0.05) is 5.16 Å². The van der Waals surface area contributed by atoms with Crippen molar-refractivity contribution >= 4 is 27.3 Å². The molecule has 0 spiro atoms. The number of aromatic nitrogens is 2. The fourth-order valence-corrected chi connectivity index (χ4v) is 3.13. The summed E-state index contributed by atoms with van der Waals surface area (Å²) in [5.41, 5.74) is 0. The van der Waals surface area contributed by atoms with Gasteiger partial charge in [0.25, 0.3) is 0 Å². The van der Waals surface area contributed by atoms with E-state index in [1.54, 1.807) is 11.3 Å². The zero-order chi connectivity index (χ0) is 11.8. The first kappa shape index (κ1) is 11.3. The van der Waals surface area contributed by atoms with Gasteiger partial charge in [0.1, 0.15) is 0 Å². The molecule has 0 aromatic carbocycles. The second-order valence-electron chi connectivity index (χ2n) is 3.91. The summed E-state index contributed by atoms with van der Waals surface area (Å²) in [5.74, 6) is 1.14. The van der Waals surface area contributed by atoms with Crippen LogP contribution in [0.15, 0.2) is 20.4 Å². The molecule has 0 saturated carbocycles. The van der Waals surface area contributed by atoms with Gasteiger partial charge in [0.15, 0.2) is 0 Å². The van der Waals surface area contributed by atoms with Crippen LogP contribution in [0.2, 0.25) is 0 Å². The number of halogens is 1. The fourth-order valence-electron chi connectivity index (χ4n) is 1.82. The average Bonchev–Trinajstić information content (AvgIpc) is 2.96. The molecule has 2 aromatic heterocycles. The highest BCUT2D eigenvalue weighted by Crippen LogP contribution is 2.31. The first-order valence-electron chi connectivity index (χ1n) is 5.23. The molecule has 0 bridgehead atoms. The van der Waals surface area contributed by atoms with Crippen LogP contribution in [0.1, 0.15) is 18.4 Å². The lowest BCUT2D eigenvalue weighted by atomic mass is 10.2. The number of nitrogens with one attached hydrogen (secondary N) is 1. The Morgan fingerprint density at radius 3 is 3.06 bits per heavy atom. The SMILES string of the molecule is OC1CNC(c2nc(-c3ccc(Br)s3)no2)C1. The lowest BCUT2D eigenvalue weighted by Crippen LogP contribution is -2.15. The van der Waals surface area contributed by atoms with Gasteiger partial charge < -0.3 is 14.9 Å². The molecule has 17 heavy (non-hydrogen) atoms. The Balaban J connectivity index is 1.83. The lowest BCUT2D eigenvalue weighted by Gasteiger charge is -2.01. The van der Waals surface area contributed by atoms with Crippen molar-refractivity contribution in [1.82, 2.24) is 15.5 Å². The number of hydrogen-bond acceptors (Lipinski definition) is 6. The van der Waals surface area contributed by atoms with E-state index in [9.17, 15) is 5.11 Å². The van der Waals surface area contributed by atoms with Crippen molar-refractivity contribution in [3.05, 3.63) is 21.8 Å². The molecular formula is C10H10BrN3O2S. The third-order valence-corrected chi connectivity index (χ3v) is 4.26. The molecule has 2 atom stereocenters. The molecule has 1 saturated heterocycles. The van der Waals surface area contributed by atoms with Crippen molar-refractivity contribution in [3.63, 3.8) is 0 Å². The molecule has 0 aliphatic carbocycles. The van der Waals surface area contributed by atoms with E-state index < -0.39 is 0 Å². The Labute approximate surface area is 110 Å². The zero-order valence-corrected chi connectivity index (χ0v) is 11.2. The zero-order valence-electron chi connectivity index (χ0n) is 8.76. The Morgan fingerprint density at radius 1 is 1.53 bits per heavy atom. The second kappa shape index (κ2) is 4.49. The topological polar surface area (TPSA) is 71.2 Å². The molecule has 2 N–H and O–H groups in total. The molecule has 5 nitrogen and oxygen atoms in total. The average molecular weight is 316 g/mol. The third kappa shape index (κ3) is 2.28. The quantitative estimate of drug-likeness (QED) is 0.886. The molecule has 2 unspecified atom stereocenters. The molecule has 90 valence electrons. The summed E-state index contributed by atoms with van der Waals surface area (Å²) in [6.07, 6.45) is 0.293. The predicted molar refractivity (Wildman–Crippen MR) is 66.7 cm³/mol. The summed E-state index contributed by atoms with van der Waals surface area (Å²) < 4.78 is 6.25. The monoisotopic (exact) mass is 315 g/mol. The van der Waals surface area contributed by atoms with Crippen LogP contribution in [0, 0.1) is 0 Å². The van der Waals surface area contributed by atoms with Gasteiger partial charge in [0.2, 0.25) is 11.7 Å². The molecular weight excluding hydrogens is 306 g/mol. The molecule has 0 radical (unpaired) electrons. The van der Waals surface area contributed by atoms with Gasteiger partial charge >= 0.3 is 0 Å². The van der Waals surface area contributed by atoms with Crippen molar-refractivity contribution in [2.45, 2.75) is 18.6 Å². The van der Waals surface area contributed by atoms with Crippen LogP contribution in [-0.2, 0) is 0 Å². The van der Waals surface area contributed by atoms with Crippen molar-refractivity contribution < 1.29 is 9.63 Å². The number of aliphatic hydroxyl groups is 1. The van der Waals surface area contributed by atoms with E-state index in [4.69, 9.17) is 4.52 Å². The molecule has 3 heterocycles. The Hall–Kier alpha value is -0.760. The number of thiophene rings is 1. The number of nitrogens with zero attached hydrogens (tertiary/aromatic N) is 2. The standard InChI is InChI=1S/C10H10BrN3O2S/c11-8-2-1-7(17-8)9-13-10(16-14-9)6-3-5(15)4-12-6/h1-2,5-6,12,15H,3-4H2. The lowest BCUT2D eigenvalue weighted by molar-refractivity contribution is 0.191. The third-order valence-electron chi connectivity index (χ3n) is 2.64. The highest BCUT2D eigenvalue weighted by molar-refractivity contribution is 9.11. The molecule has 2 aromatic rings. The number of rotatable bonds is 2. The van der Waals surface area contributed by atoms with Crippen LogP contribution in [0.25, 0.3) is 10.7 Å². The maximum atomic E-state index is 9.43. The van der Waals surface area contributed by atoms with E-state index >= 15 is 0 Å². The number of hydrogen-bond donors (Lipinski definition) is 2. The molecule has 1 aliphatic rings. The summed E-state index contributed by atoms with van der Waals surface area (Å²) in [4.78, 5) is 5.31. The predicted octanol–water partition coefficient (Wildman–Crippen LogP) is 1.96. The Morgan fingerprint density at radius 2 is 2.41 bits per heavy atom. The molecule has 3 rings (SSSR count). The number of aliphatic hydroxyl groups excluding tert-OH is 1. The molecule has 7 heteroatoms. The van der Waals surface area contributed by atoms with Gasteiger partial charge in [-0.3, -0.25) is 0 Å². The normalized spacial score (nSPS) is 24.4. The first-order chi connectivity index (χ1) is 8.22. The van der Waals surface area contributed by atoms with Crippen molar-refractivity contribution in [2.75, 3.05) is 6.54 Å². The van der Waals surface area contributed by atoms with Crippen molar-refractivity contribution in [1.29, 1.82) is 0 Å². The van der Waals surface area contributed by atoms with E-state index in [-0.39, 0.29) is 12.1 Å². The summed E-state index contributed by atoms with van der Waals surface area (Å²) in [7, 11) is 0. The van der Waals surface area contributed by atoms with Gasteiger partial charge in [-0.2, -0.15) is 4.98 Å². The van der Waals surface area contributed by atoms with Gasteiger partial charge in [0, 0.05) is 6.54 Å². The van der Waals surface area contributed by atoms with Crippen LogP contribution in [0.4, 0.5) is 0 Å². The summed E-state index contributed by atoms with van der Waals surface area (Å²) in [6.45, 7) is 0.576. The Kier molecular flexibility index (Phi) is 2.99. The van der Waals surface area contributed by atoms with Crippen molar-refractivity contribution in [2.24, 2.45) is 0 Å². The highest BCUT2D eigenvalue weighted by atomic mass is 79.9. The van der Waals surface area contributed by atoms with Crippen LogP contribution >= 0.6 is 27.3 Å². The van der Waals surface area contributed by atoms with Gasteiger partial charge in [-0.05, 0) is 34.5 Å². The van der Waals surface area contributed by atoms with Crippen LogP contribution in [0.5, 0.6) is 0 Å². The van der Waals surface area contributed by atoms with E-state index in [0.29, 0.717) is 24.7 Å². The maximum absolute atomic E-state index is 9.43. The summed E-state index contributed by atoms with van der Waals surface area (Å²) in [6, 6.07) is 3.86. The van der Waals surface area contributed by atoms with E-state index in [0.717, 1.165) is 8.66 Å². The minimum atomic E-state index is -0.328. The second-order valence-corrected chi connectivity index (χ2v) is 6.37. The van der Waals surface area contributed by atoms with E-state index in [2.05, 4.69) is 31.4 Å². The van der Waals surface area contributed by atoms with Crippen LogP contribution in [0.3, 0.4) is 0 Å². The van der Waals surface area contributed by atoms with Gasteiger partial charge in [-0.25, -0.2) is 0 Å². The number of β-amino-alcohol motifs (C(OH)–C–C–N with tert-alkyl or cyclic N) is 1. The van der Waals surface area contributed by atoms with E-state index in [1.165, 1.54) is 0 Å². The first-order valence-corrected chi connectivity index (χ1v) is 6.84. The van der Waals surface area contributed by atoms with Gasteiger partial charge in [0.05, 0.1) is 20.8 Å². The maximum Gasteiger partial charge on any atom is 0.244 e. The van der Waals surface area contributed by atoms with Crippen LogP contribution in [-0.4, -0.2) is 27.9 Å². The summed E-state index contributed by atoms with van der Waals surface area (Å²) in [5, 5.41) is 16.5. The minimum Gasteiger partial charge on any atom is -0.392 e. The smallest absolute Gasteiger partial charge is 0.244 e. The largest absolute Gasteiger partial charge is 0.392 e. The minimum absolute atomic E-state index is 0.0327. The molecule has 0 amide bonds. The summed E-state index contributed by atoms with van der Waals surface area (Å²) >= 11 is 4.96. The van der Waals surface area contributed by atoms with Gasteiger partial charge in [-0.15, -0.1) is 11.3 Å². The Bertz CT molecular complexity index is 527. The van der Waals surface area contributed by atoms with E-state index in [1.807, 2.05) is 12.1 Å². The van der Waals surface area contributed by atoms with Crippen molar-refractivity contribution in [3.8, 4) is 10.7 Å². The highest BCUT2D eigenvalue weighted by Gasteiger charge is 2.28.